The summed E-state index contributed by atoms with van der Waals surface area (Å²) < 4.78 is 11.3. The molecule has 0 saturated carbocycles. The second-order valence-electron chi connectivity index (χ2n) is 4.82. The first kappa shape index (κ1) is 14.2. The number of pyridine rings is 1. The van der Waals surface area contributed by atoms with Gasteiger partial charge < -0.3 is 20.5 Å². The summed E-state index contributed by atoms with van der Waals surface area (Å²) in [5, 5.41) is 3.53. The van der Waals surface area contributed by atoms with Crippen molar-refractivity contribution in [3.8, 4) is 0 Å². The molecule has 2 atom stereocenters. The Morgan fingerprint density at radius 2 is 2.42 bits per heavy atom. The Bertz CT molecular complexity index is 381. The fourth-order valence-corrected chi connectivity index (χ4v) is 2.25. The third kappa shape index (κ3) is 4.16. The minimum absolute atomic E-state index is 0.0832. The van der Waals surface area contributed by atoms with E-state index in [4.69, 9.17) is 15.2 Å². The molecule has 1 aliphatic heterocycles. The first-order valence-electron chi connectivity index (χ1n) is 6.92. The van der Waals surface area contributed by atoms with E-state index in [1.807, 2.05) is 12.3 Å². The van der Waals surface area contributed by atoms with Gasteiger partial charge in [0.25, 0.3) is 0 Å². The van der Waals surface area contributed by atoms with Crippen molar-refractivity contribution in [1.29, 1.82) is 0 Å². The number of rotatable bonds is 6. The quantitative estimate of drug-likeness (QED) is 0.802. The predicted octanol–water partition coefficient (Wildman–Crippen LogP) is 0.990. The zero-order chi connectivity index (χ0) is 13.5. The van der Waals surface area contributed by atoms with E-state index < -0.39 is 0 Å². The fraction of sp³-hybridized carbons (Fsp3) is 0.643. The first-order chi connectivity index (χ1) is 9.31. The van der Waals surface area contributed by atoms with Gasteiger partial charge in [-0.2, -0.15) is 0 Å². The van der Waals surface area contributed by atoms with Gasteiger partial charge in [-0.1, -0.05) is 6.92 Å². The van der Waals surface area contributed by atoms with E-state index >= 15 is 0 Å². The number of nitrogens with zero attached hydrogens (tertiary/aromatic N) is 1. The lowest BCUT2D eigenvalue weighted by molar-refractivity contribution is -0.101. The lowest BCUT2D eigenvalue weighted by Gasteiger charge is -2.31. The van der Waals surface area contributed by atoms with E-state index in [0.29, 0.717) is 19.8 Å². The summed E-state index contributed by atoms with van der Waals surface area (Å²) in [4.78, 5) is 4.14. The van der Waals surface area contributed by atoms with Crippen LogP contribution in [-0.2, 0) is 15.9 Å². The van der Waals surface area contributed by atoms with Gasteiger partial charge in [0.2, 0.25) is 0 Å². The van der Waals surface area contributed by atoms with Gasteiger partial charge >= 0.3 is 0 Å². The molecule has 2 rings (SSSR count). The Balaban J connectivity index is 2.02. The molecule has 1 saturated heterocycles. The molecule has 0 aliphatic carbocycles. The van der Waals surface area contributed by atoms with Gasteiger partial charge in [0.05, 0.1) is 25.9 Å². The molecule has 0 bridgehead atoms. The molecule has 1 aromatic heterocycles. The number of nitrogen functional groups attached to an aromatic ring is 1. The third-order valence-corrected chi connectivity index (χ3v) is 3.33. The molecule has 1 fully saturated rings. The molecule has 5 nitrogen and oxygen atoms in total. The molecule has 0 aromatic carbocycles. The number of aromatic nitrogens is 1. The topological polar surface area (TPSA) is 69.4 Å². The Hall–Kier alpha value is -1.17. The van der Waals surface area contributed by atoms with Crippen molar-refractivity contribution in [2.24, 2.45) is 0 Å². The molecular formula is C14H23N3O2. The smallest absolute Gasteiger partial charge is 0.0965 e. The second-order valence-corrected chi connectivity index (χ2v) is 4.82. The van der Waals surface area contributed by atoms with Gasteiger partial charge in [-0.3, -0.25) is 4.98 Å². The normalized spacial score (nSPS) is 21.2. The average Bonchev–Trinajstić information content (AvgIpc) is 2.46. The van der Waals surface area contributed by atoms with Crippen LogP contribution in [-0.4, -0.2) is 43.5 Å². The predicted molar refractivity (Wildman–Crippen MR) is 75.0 cm³/mol. The van der Waals surface area contributed by atoms with Gasteiger partial charge in [0, 0.05) is 24.1 Å². The summed E-state index contributed by atoms with van der Waals surface area (Å²) in [6.07, 6.45) is 5.54. The molecule has 2 heterocycles. The monoisotopic (exact) mass is 265 g/mol. The standard InChI is InChI=1S/C14H23N3O2/c1-2-4-17-13(14-10-18-6-7-19-14)8-11-9-16-5-3-12(11)15/h3,5,9,13-14,17H,2,4,6-8,10H2,1H3,(H2,15,16). The van der Waals surface area contributed by atoms with Crippen LogP contribution < -0.4 is 11.1 Å². The molecule has 106 valence electrons. The van der Waals surface area contributed by atoms with Crippen molar-refractivity contribution in [2.75, 3.05) is 32.1 Å². The molecular weight excluding hydrogens is 242 g/mol. The van der Waals surface area contributed by atoms with E-state index in [1.165, 1.54) is 0 Å². The van der Waals surface area contributed by atoms with E-state index in [1.54, 1.807) is 6.20 Å². The fourth-order valence-electron chi connectivity index (χ4n) is 2.25. The summed E-state index contributed by atoms with van der Waals surface area (Å²) >= 11 is 0. The molecule has 5 heteroatoms. The maximum Gasteiger partial charge on any atom is 0.0965 e. The minimum atomic E-state index is 0.0832. The molecule has 0 spiro atoms. The molecule has 1 aromatic rings. The van der Waals surface area contributed by atoms with E-state index in [0.717, 1.165) is 30.6 Å². The van der Waals surface area contributed by atoms with Gasteiger partial charge in [0.1, 0.15) is 0 Å². The molecule has 3 N–H and O–H groups in total. The number of ether oxygens (including phenoxy) is 2. The van der Waals surface area contributed by atoms with Crippen molar-refractivity contribution >= 4 is 5.69 Å². The van der Waals surface area contributed by atoms with Crippen LogP contribution in [0.2, 0.25) is 0 Å². The number of anilines is 1. The van der Waals surface area contributed by atoms with E-state index in [-0.39, 0.29) is 12.1 Å². The lowest BCUT2D eigenvalue weighted by atomic mass is 10.0. The van der Waals surface area contributed by atoms with Crippen LogP contribution in [0.15, 0.2) is 18.5 Å². The highest BCUT2D eigenvalue weighted by Gasteiger charge is 2.25. The first-order valence-corrected chi connectivity index (χ1v) is 6.92. The van der Waals surface area contributed by atoms with Crippen LogP contribution in [0.4, 0.5) is 5.69 Å². The Morgan fingerprint density at radius 1 is 1.53 bits per heavy atom. The van der Waals surface area contributed by atoms with Crippen molar-refractivity contribution in [3.05, 3.63) is 24.0 Å². The van der Waals surface area contributed by atoms with Gasteiger partial charge in [-0.05, 0) is 31.0 Å². The third-order valence-electron chi connectivity index (χ3n) is 3.33. The Kier molecular flexibility index (Phi) is 5.57. The highest BCUT2D eigenvalue weighted by atomic mass is 16.6. The van der Waals surface area contributed by atoms with Crippen LogP contribution in [0, 0.1) is 0 Å². The van der Waals surface area contributed by atoms with Gasteiger partial charge in [-0.15, -0.1) is 0 Å². The van der Waals surface area contributed by atoms with Crippen LogP contribution in [0.25, 0.3) is 0 Å². The minimum Gasteiger partial charge on any atom is -0.398 e. The maximum absolute atomic E-state index is 5.99. The molecule has 2 unspecified atom stereocenters. The van der Waals surface area contributed by atoms with Gasteiger partial charge in [0.15, 0.2) is 0 Å². The Labute approximate surface area is 114 Å². The average molecular weight is 265 g/mol. The summed E-state index contributed by atoms with van der Waals surface area (Å²) in [6.45, 7) is 5.11. The number of hydrogen-bond donors (Lipinski definition) is 2. The zero-order valence-corrected chi connectivity index (χ0v) is 11.5. The Morgan fingerprint density at radius 3 is 3.11 bits per heavy atom. The van der Waals surface area contributed by atoms with Crippen LogP contribution in [0.3, 0.4) is 0 Å². The maximum atomic E-state index is 5.99. The van der Waals surface area contributed by atoms with Crippen molar-refractivity contribution in [3.63, 3.8) is 0 Å². The van der Waals surface area contributed by atoms with Crippen LogP contribution in [0.5, 0.6) is 0 Å². The van der Waals surface area contributed by atoms with Crippen molar-refractivity contribution in [2.45, 2.75) is 31.9 Å². The molecule has 1 aliphatic rings. The van der Waals surface area contributed by atoms with Crippen LogP contribution in [0.1, 0.15) is 18.9 Å². The number of nitrogens with two attached hydrogens (primary N) is 1. The summed E-state index contributed by atoms with van der Waals surface area (Å²) in [7, 11) is 0. The second kappa shape index (κ2) is 7.43. The highest BCUT2D eigenvalue weighted by Crippen LogP contribution is 2.16. The highest BCUT2D eigenvalue weighted by molar-refractivity contribution is 5.44. The zero-order valence-electron chi connectivity index (χ0n) is 11.5. The van der Waals surface area contributed by atoms with Crippen LogP contribution >= 0.6 is 0 Å². The van der Waals surface area contributed by atoms with Gasteiger partial charge in [-0.25, -0.2) is 0 Å². The largest absolute Gasteiger partial charge is 0.398 e. The molecule has 0 amide bonds. The summed E-state index contributed by atoms with van der Waals surface area (Å²) in [6, 6.07) is 2.05. The van der Waals surface area contributed by atoms with E-state index in [2.05, 4.69) is 17.2 Å². The molecule has 0 radical (unpaired) electrons. The van der Waals surface area contributed by atoms with Crippen molar-refractivity contribution < 1.29 is 9.47 Å². The number of hydrogen-bond acceptors (Lipinski definition) is 5. The molecule has 19 heavy (non-hydrogen) atoms. The number of nitrogens with one attached hydrogen (secondary N) is 1. The summed E-state index contributed by atoms with van der Waals surface area (Å²) in [5.74, 6) is 0. The lowest BCUT2D eigenvalue weighted by Crippen LogP contribution is -2.48. The van der Waals surface area contributed by atoms with Crippen molar-refractivity contribution in [1.82, 2.24) is 10.3 Å². The van der Waals surface area contributed by atoms with E-state index in [9.17, 15) is 0 Å². The SMILES string of the molecule is CCCNC(Cc1cnccc1N)C1COCCO1. The summed E-state index contributed by atoms with van der Waals surface area (Å²) in [5.41, 5.74) is 7.83.